The number of aromatic nitrogens is 2. The molecule has 0 amide bonds. The summed E-state index contributed by atoms with van der Waals surface area (Å²) in [5.74, 6) is 1.57. The molecule has 0 fully saturated rings. The summed E-state index contributed by atoms with van der Waals surface area (Å²) in [7, 11) is 0. The van der Waals surface area contributed by atoms with Crippen molar-refractivity contribution < 1.29 is 4.74 Å². The first-order chi connectivity index (χ1) is 10.2. The van der Waals surface area contributed by atoms with E-state index in [9.17, 15) is 0 Å². The average Bonchev–Trinajstić information content (AvgIpc) is 2.93. The predicted molar refractivity (Wildman–Crippen MR) is 86.7 cm³/mol. The highest BCUT2D eigenvalue weighted by atomic mass is 32.1. The minimum Gasteiger partial charge on any atom is -0.486 e. The molecule has 0 atom stereocenters. The molecule has 2 aromatic rings. The molecule has 5 heteroatoms. The van der Waals surface area contributed by atoms with E-state index in [4.69, 9.17) is 4.74 Å². The fourth-order valence-corrected chi connectivity index (χ4v) is 2.66. The van der Waals surface area contributed by atoms with Gasteiger partial charge in [0.1, 0.15) is 17.4 Å². The highest BCUT2D eigenvalue weighted by molar-refractivity contribution is 7.11. The zero-order chi connectivity index (χ0) is 14.9. The molecule has 0 radical (unpaired) electrons. The van der Waals surface area contributed by atoms with Crippen LogP contribution in [0.5, 0.6) is 5.75 Å². The zero-order valence-electron chi connectivity index (χ0n) is 12.7. The van der Waals surface area contributed by atoms with Crippen molar-refractivity contribution >= 4 is 11.3 Å². The quantitative estimate of drug-likeness (QED) is 0.722. The molecule has 4 nitrogen and oxygen atoms in total. The molecule has 0 unspecified atom stereocenters. The van der Waals surface area contributed by atoms with Gasteiger partial charge in [-0.15, -0.1) is 10.2 Å². The van der Waals surface area contributed by atoms with E-state index in [1.807, 2.05) is 30.3 Å². The van der Waals surface area contributed by atoms with Gasteiger partial charge in [0.05, 0.1) is 0 Å². The number of nitrogens with zero attached hydrogens (tertiary/aromatic N) is 2. The number of ether oxygens (including phenoxy) is 1. The molecule has 1 aromatic heterocycles. The standard InChI is InChI=1S/C16H23N3OS/c1-13(2)11-17-10-6-9-15-18-19-16(21-15)12-20-14-7-4-3-5-8-14/h3-5,7-8,13,17H,6,9-12H2,1-2H3. The van der Waals surface area contributed by atoms with Gasteiger partial charge in [0.25, 0.3) is 0 Å². The predicted octanol–water partition coefficient (Wildman–Crippen LogP) is 3.30. The van der Waals surface area contributed by atoms with Crippen LogP contribution in [0.4, 0.5) is 0 Å². The van der Waals surface area contributed by atoms with Crippen molar-refractivity contribution in [1.82, 2.24) is 15.5 Å². The van der Waals surface area contributed by atoms with Gasteiger partial charge in [-0.2, -0.15) is 0 Å². The lowest BCUT2D eigenvalue weighted by atomic mass is 10.2. The van der Waals surface area contributed by atoms with Gasteiger partial charge in [-0.05, 0) is 37.6 Å². The maximum atomic E-state index is 5.67. The molecule has 0 aliphatic heterocycles. The second-order valence-electron chi connectivity index (χ2n) is 5.39. The first-order valence-electron chi connectivity index (χ1n) is 7.44. The Hall–Kier alpha value is -1.46. The first-order valence-corrected chi connectivity index (χ1v) is 8.25. The van der Waals surface area contributed by atoms with Crippen molar-refractivity contribution in [2.45, 2.75) is 33.3 Å². The molecule has 0 spiro atoms. The van der Waals surface area contributed by atoms with E-state index in [0.29, 0.717) is 12.5 Å². The minimum absolute atomic E-state index is 0.493. The molecule has 0 aliphatic rings. The largest absolute Gasteiger partial charge is 0.486 e. The van der Waals surface area contributed by atoms with E-state index in [-0.39, 0.29) is 0 Å². The number of nitrogens with one attached hydrogen (secondary N) is 1. The molecule has 114 valence electrons. The van der Waals surface area contributed by atoms with Gasteiger partial charge in [-0.3, -0.25) is 0 Å². The fraction of sp³-hybridized carbons (Fsp3) is 0.500. The van der Waals surface area contributed by atoms with Crippen LogP contribution in [0.15, 0.2) is 30.3 Å². The Morgan fingerprint density at radius 2 is 1.90 bits per heavy atom. The van der Waals surface area contributed by atoms with E-state index in [2.05, 4.69) is 29.4 Å². The third-order valence-electron chi connectivity index (χ3n) is 2.91. The topological polar surface area (TPSA) is 47.0 Å². The molecule has 0 saturated carbocycles. The molecule has 0 bridgehead atoms. The molecule has 2 rings (SSSR count). The Bertz CT molecular complexity index is 513. The maximum Gasteiger partial charge on any atom is 0.155 e. The molecule has 0 aliphatic carbocycles. The highest BCUT2D eigenvalue weighted by Gasteiger charge is 2.05. The second kappa shape index (κ2) is 8.74. The lowest BCUT2D eigenvalue weighted by Crippen LogP contribution is -2.21. The van der Waals surface area contributed by atoms with E-state index in [1.165, 1.54) is 0 Å². The molecule has 0 saturated heterocycles. The van der Waals surface area contributed by atoms with Crippen LogP contribution in [0.3, 0.4) is 0 Å². The summed E-state index contributed by atoms with van der Waals surface area (Å²) >= 11 is 1.64. The van der Waals surface area contributed by atoms with E-state index in [0.717, 1.165) is 41.7 Å². The molecular formula is C16H23N3OS. The highest BCUT2D eigenvalue weighted by Crippen LogP contribution is 2.15. The second-order valence-corrected chi connectivity index (χ2v) is 6.54. The Kier molecular flexibility index (Phi) is 6.63. The van der Waals surface area contributed by atoms with Crippen LogP contribution in [0.2, 0.25) is 0 Å². The van der Waals surface area contributed by atoms with E-state index >= 15 is 0 Å². The first kappa shape index (κ1) is 15.9. The van der Waals surface area contributed by atoms with E-state index < -0.39 is 0 Å². The van der Waals surface area contributed by atoms with Gasteiger partial charge in [0.15, 0.2) is 5.01 Å². The third-order valence-corrected chi connectivity index (χ3v) is 3.87. The molecule has 1 heterocycles. The van der Waals surface area contributed by atoms with Gasteiger partial charge in [0, 0.05) is 6.42 Å². The summed E-state index contributed by atoms with van der Waals surface area (Å²) in [6.45, 7) is 7.04. The Labute approximate surface area is 130 Å². The van der Waals surface area contributed by atoms with Crippen molar-refractivity contribution in [1.29, 1.82) is 0 Å². The van der Waals surface area contributed by atoms with Crippen molar-refractivity contribution in [2.75, 3.05) is 13.1 Å². The molecule has 1 aromatic carbocycles. The van der Waals surface area contributed by atoms with Crippen LogP contribution in [0.1, 0.15) is 30.3 Å². The van der Waals surface area contributed by atoms with Crippen LogP contribution >= 0.6 is 11.3 Å². The number of benzene rings is 1. The molecular weight excluding hydrogens is 282 g/mol. The fourth-order valence-electron chi connectivity index (χ4n) is 1.86. The smallest absolute Gasteiger partial charge is 0.155 e. The summed E-state index contributed by atoms with van der Waals surface area (Å²) in [5, 5.41) is 13.9. The van der Waals surface area contributed by atoms with Crippen molar-refractivity contribution in [3.8, 4) is 5.75 Å². The number of rotatable bonds is 9. The SMILES string of the molecule is CC(C)CNCCCc1nnc(COc2ccccc2)s1. The van der Waals surface area contributed by atoms with Crippen molar-refractivity contribution in [3.05, 3.63) is 40.3 Å². The lowest BCUT2D eigenvalue weighted by molar-refractivity contribution is 0.304. The van der Waals surface area contributed by atoms with Gasteiger partial charge in [-0.25, -0.2) is 0 Å². The van der Waals surface area contributed by atoms with Gasteiger partial charge in [-0.1, -0.05) is 43.4 Å². The van der Waals surface area contributed by atoms with Crippen LogP contribution < -0.4 is 10.1 Å². The normalized spacial score (nSPS) is 11.0. The summed E-state index contributed by atoms with van der Waals surface area (Å²) < 4.78 is 5.67. The van der Waals surface area contributed by atoms with Crippen LogP contribution in [-0.4, -0.2) is 23.3 Å². The number of hydrogen-bond acceptors (Lipinski definition) is 5. The van der Waals surface area contributed by atoms with Gasteiger partial charge in [0.2, 0.25) is 0 Å². The summed E-state index contributed by atoms with van der Waals surface area (Å²) in [4.78, 5) is 0. The number of aryl methyl sites for hydroxylation is 1. The van der Waals surface area contributed by atoms with Gasteiger partial charge < -0.3 is 10.1 Å². The summed E-state index contributed by atoms with van der Waals surface area (Å²) in [6, 6.07) is 9.80. The van der Waals surface area contributed by atoms with Crippen molar-refractivity contribution in [3.63, 3.8) is 0 Å². The molecule has 1 N–H and O–H groups in total. The number of para-hydroxylation sites is 1. The van der Waals surface area contributed by atoms with Crippen LogP contribution in [0, 0.1) is 5.92 Å². The Morgan fingerprint density at radius 1 is 1.14 bits per heavy atom. The zero-order valence-corrected chi connectivity index (χ0v) is 13.5. The monoisotopic (exact) mass is 305 g/mol. The minimum atomic E-state index is 0.493. The molecule has 21 heavy (non-hydrogen) atoms. The van der Waals surface area contributed by atoms with Crippen LogP contribution in [0.25, 0.3) is 0 Å². The maximum absolute atomic E-state index is 5.67. The average molecular weight is 305 g/mol. The van der Waals surface area contributed by atoms with Gasteiger partial charge >= 0.3 is 0 Å². The van der Waals surface area contributed by atoms with Crippen molar-refractivity contribution in [2.24, 2.45) is 5.92 Å². The summed E-state index contributed by atoms with van der Waals surface area (Å²) in [6.07, 6.45) is 2.08. The third kappa shape index (κ3) is 6.23. The lowest BCUT2D eigenvalue weighted by Gasteiger charge is -2.05. The number of hydrogen-bond donors (Lipinski definition) is 1. The summed E-state index contributed by atoms with van der Waals surface area (Å²) in [5.41, 5.74) is 0. The Balaban J connectivity index is 1.67. The Morgan fingerprint density at radius 3 is 2.67 bits per heavy atom. The van der Waals surface area contributed by atoms with Crippen LogP contribution in [-0.2, 0) is 13.0 Å². The van der Waals surface area contributed by atoms with E-state index in [1.54, 1.807) is 11.3 Å².